The minimum absolute atomic E-state index is 0.0264. The smallest absolute Gasteiger partial charge is 0.269 e. The van der Waals surface area contributed by atoms with Gasteiger partial charge in [-0.3, -0.25) is 14.9 Å². The average Bonchev–Trinajstić information content (AvgIpc) is 2.85. The zero-order valence-electron chi connectivity index (χ0n) is 19.9. The molecule has 0 aliphatic carbocycles. The van der Waals surface area contributed by atoms with Crippen LogP contribution in [0.25, 0.3) is 0 Å². The number of nitrogens with zero attached hydrogens (tertiary/aromatic N) is 2. The summed E-state index contributed by atoms with van der Waals surface area (Å²) in [6.07, 6.45) is 1.74. The Bertz CT molecular complexity index is 1210. The van der Waals surface area contributed by atoms with Crippen LogP contribution in [0.2, 0.25) is 0 Å². The zero-order valence-corrected chi connectivity index (χ0v) is 22.1. The van der Waals surface area contributed by atoms with Gasteiger partial charge in [-0.05, 0) is 89.5 Å². The minimum atomic E-state index is -0.441. The molecular formula is C26H26IN3O6. The highest BCUT2D eigenvalue weighted by molar-refractivity contribution is 14.1. The van der Waals surface area contributed by atoms with Gasteiger partial charge in [0.25, 0.3) is 5.69 Å². The van der Waals surface area contributed by atoms with Gasteiger partial charge in [-0.1, -0.05) is 12.1 Å². The molecule has 188 valence electrons. The number of hydrogen-bond donors (Lipinski definition) is 1. The highest BCUT2D eigenvalue weighted by Crippen LogP contribution is 2.34. The van der Waals surface area contributed by atoms with Gasteiger partial charge in [0.05, 0.1) is 34.3 Å². The second-order valence-corrected chi connectivity index (χ2v) is 8.68. The van der Waals surface area contributed by atoms with E-state index in [1.165, 1.54) is 12.1 Å². The molecule has 0 aromatic heterocycles. The number of carbonyl (C=O) groups is 1. The summed E-state index contributed by atoms with van der Waals surface area (Å²) in [5, 5.41) is 14.9. The van der Waals surface area contributed by atoms with Crippen LogP contribution < -0.4 is 19.6 Å². The first kappa shape index (κ1) is 26.9. The van der Waals surface area contributed by atoms with E-state index >= 15 is 0 Å². The number of ether oxygens (including phenoxy) is 3. The molecule has 0 unspecified atom stereocenters. The largest absolute Gasteiger partial charge is 0.494 e. The molecule has 36 heavy (non-hydrogen) atoms. The van der Waals surface area contributed by atoms with Gasteiger partial charge in [0, 0.05) is 12.1 Å². The van der Waals surface area contributed by atoms with Crippen molar-refractivity contribution in [2.24, 2.45) is 5.10 Å². The van der Waals surface area contributed by atoms with Crippen LogP contribution in [-0.4, -0.2) is 30.3 Å². The number of carbonyl (C=O) groups excluding carboxylic acids is 1. The lowest BCUT2D eigenvalue weighted by atomic mass is 10.1. The molecule has 0 saturated carbocycles. The molecule has 0 bridgehead atoms. The molecule has 3 aromatic carbocycles. The summed E-state index contributed by atoms with van der Waals surface area (Å²) < 4.78 is 17.9. The predicted molar refractivity (Wildman–Crippen MR) is 145 cm³/mol. The molecule has 3 aromatic rings. The summed E-state index contributed by atoms with van der Waals surface area (Å²) in [7, 11) is 0. The highest BCUT2D eigenvalue weighted by Gasteiger charge is 2.13. The van der Waals surface area contributed by atoms with Crippen LogP contribution in [0.15, 0.2) is 65.8 Å². The first-order valence-corrected chi connectivity index (χ1v) is 12.3. The number of hydrazone groups is 1. The van der Waals surface area contributed by atoms with Crippen LogP contribution in [0.3, 0.4) is 0 Å². The van der Waals surface area contributed by atoms with Gasteiger partial charge in [-0.25, -0.2) is 5.43 Å². The Morgan fingerprint density at radius 3 is 2.31 bits per heavy atom. The topological polar surface area (TPSA) is 112 Å². The minimum Gasteiger partial charge on any atom is -0.494 e. The van der Waals surface area contributed by atoms with Crippen molar-refractivity contribution in [1.29, 1.82) is 0 Å². The number of hydrogen-bond acceptors (Lipinski definition) is 7. The zero-order chi connectivity index (χ0) is 25.9. The average molecular weight is 603 g/mol. The molecule has 0 aliphatic heterocycles. The number of halogens is 1. The molecular weight excluding hydrogens is 577 g/mol. The van der Waals surface area contributed by atoms with E-state index in [4.69, 9.17) is 14.2 Å². The van der Waals surface area contributed by atoms with Crippen molar-refractivity contribution in [3.05, 3.63) is 91.0 Å². The molecule has 0 spiro atoms. The molecule has 3 rings (SSSR count). The maximum Gasteiger partial charge on any atom is 0.269 e. The van der Waals surface area contributed by atoms with E-state index in [1.54, 1.807) is 24.4 Å². The van der Waals surface area contributed by atoms with Crippen LogP contribution in [0, 0.1) is 13.7 Å². The Balaban J connectivity index is 1.62. The van der Waals surface area contributed by atoms with Crippen LogP contribution in [-0.2, 0) is 17.8 Å². The maximum absolute atomic E-state index is 12.2. The second-order valence-electron chi connectivity index (χ2n) is 7.52. The van der Waals surface area contributed by atoms with E-state index in [0.29, 0.717) is 24.7 Å². The molecule has 0 fully saturated rings. The lowest BCUT2D eigenvalue weighted by Crippen LogP contribution is -2.19. The Kier molecular flexibility index (Phi) is 10.0. The van der Waals surface area contributed by atoms with E-state index in [-0.39, 0.29) is 24.6 Å². The van der Waals surface area contributed by atoms with Crippen molar-refractivity contribution in [1.82, 2.24) is 5.43 Å². The number of non-ortho nitro benzene ring substituents is 1. The molecule has 0 heterocycles. The summed E-state index contributed by atoms with van der Waals surface area (Å²) in [4.78, 5) is 22.6. The van der Waals surface area contributed by atoms with E-state index in [9.17, 15) is 14.9 Å². The van der Waals surface area contributed by atoms with Crippen molar-refractivity contribution < 1.29 is 23.9 Å². The molecule has 9 nitrogen and oxygen atoms in total. The Labute approximate surface area is 222 Å². The van der Waals surface area contributed by atoms with E-state index in [2.05, 4.69) is 33.1 Å². The summed E-state index contributed by atoms with van der Waals surface area (Å²) in [6.45, 7) is 5.03. The number of amides is 1. The monoisotopic (exact) mass is 603 g/mol. The first-order valence-electron chi connectivity index (χ1n) is 11.3. The Morgan fingerprint density at radius 2 is 1.67 bits per heavy atom. The third kappa shape index (κ3) is 7.94. The van der Waals surface area contributed by atoms with Crippen LogP contribution >= 0.6 is 22.6 Å². The fourth-order valence-electron chi connectivity index (χ4n) is 3.21. The standard InChI is InChI=1S/C26H26IN3O6/c1-3-34-22-11-7-18(8-12-22)15-25(31)29-28-16-20-13-23(27)26(24(14-20)35-4-2)36-17-19-5-9-21(10-6-19)30(32)33/h5-14,16H,3-4,15,17H2,1-2H3,(H,29,31)/b28-16+. The van der Waals surface area contributed by atoms with E-state index in [1.807, 2.05) is 44.2 Å². The lowest BCUT2D eigenvalue weighted by molar-refractivity contribution is -0.384. The highest BCUT2D eigenvalue weighted by atomic mass is 127. The van der Waals surface area contributed by atoms with Gasteiger partial charge >= 0.3 is 0 Å². The van der Waals surface area contributed by atoms with Gasteiger partial charge in [-0.15, -0.1) is 0 Å². The van der Waals surface area contributed by atoms with Gasteiger partial charge in [-0.2, -0.15) is 5.10 Å². The van der Waals surface area contributed by atoms with Crippen LogP contribution in [0.4, 0.5) is 5.69 Å². The van der Waals surface area contributed by atoms with Gasteiger partial charge < -0.3 is 14.2 Å². The van der Waals surface area contributed by atoms with Gasteiger partial charge in [0.2, 0.25) is 5.91 Å². The summed E-state index contributed by atoms with van der Waals surface area (Å²) in [5.41, 5.74) is 4.94. The first-order chi connectivity index (χ1) is 17.4. The predicted octanol–water partition coefficient (Wildman–Crippen LogP) is 5.27. The molecule has 10 heteroatoms. The number of benzene rings is 3. The van der Waals surface area contributed by atoms with Crippen molar-refractivity contribution in [3.63, 3.8) is 0 Å². The fourth-order valence-corrected chi connectivity index (χ4v) is 3.99. The molecule has 0 saturated heterocycles. The molecule has 1 amide bonds. The number of nitro benzene ring substituents is 1. The second kappa shape index (κ2) is 13.4. The number of nitrogens with one attached hydrogen (secondary N) is 1. The summed E-state index contributed by atoms with van der Waals surface area (Å²) in [5.74, 6) is 1.62. The third-order valence-electron chi connectivity index (χ3n) is 4.86. The SMILES string of the molecule is CCOc1ccc(CC(=O)N/N=C/c2cc(I)c(OCc3ccc([N+](=O)[O-])cc3)c(OCC)c2)cc1. The van der Waals surface area contributed by atoms with Gasteiger partial charge in [0.1, 0.15) is 12.4 Å². The van der Waals surface area contributed by atoms with Crippen molar-refractivity contribution in [2.75, 3.05) is 13.2 Å². The van der Waals surface area contributed by atoms with E-state index < -0.39 is 4.92 Å². The fraction of sp³-hybridized carbons (Fsp3) is 0.231. The van der Waals surface area contributed by atoms with Crippen molar-refractivity contribution >= 4 is 40.4 Å². The lowest BCUT2D eigenvalue weighted by Gasteiger charge is -2.14. The molecule has 0 atom stereocenters. The normalized spacial score (nSPS) is 10.8. The molecule has 0 aliphatic rings. The van der Waals surface area contributed by atoms with Crippen LogP contribution in [0.1, 0.15) is 30.5 Å². The molecule has 0 radical (unpaired) electrons. The number of nitro groups is 1. The third-order valence-corrected chi connectivity index (χ3v) is 5.67. The van der Waals surface area contributed by atoms with Crippen molar-refractivity contribution in [3.8, 4) is 17.2 Å². The summed E-state index contributed by atoms with van der Waals surface area (Å²) in [6, 6.07) is 17.2. The van der Waals surface area contributed by atoms with E-state index in [0.717, 1.165) is 26.0 Å². The Hall–Kier alpha value is -3.67. The molecule has 1 N–H and O–H groups in total. The van der Waals surface area contributed by atoms with Crippen molar-refractivity contribution in [2.45, 2.75) is 26.9 Å². The number of rotatable bonds is 12. The summed E-state index contributed by atoms with van der Waals surface area (Å²) >= 11 is 2.14. The van der Waals surface area contributed by atoms with Crippen LogP contribution in [0.5, 0.6) is 17.2 Å². The maximum atomic E-state index is 12.2. The van der Waals surface area contributed by atoms with Gasteiger partial charge in [0.15, 0.2) is 11.5 Å². The quantitative estimate of drug-likeness (QED) is 0.131. The Morgan fingerprint density at radius 1 is 1.00 bits per heavy atom.